The van der Waals surface area contributed by atoms with Gasteiger partial charge in [-0.1, -0.05) is 105 Å². The standard InChI is InChI=1S/4C9H13.2C2H6Si.2ClH.2Ti/c4*1-2-3-6-9-7-4-5-8-9;2*1-3-2;;;;/h4*4,7H,2-3,5-6H2,1H3;2*1-2H3;2*1H;;/q4*-1;;;;;2*+2/p-2. The summed E-state index contributed by atoms with van der Waals surface area (Å²) in [4.78, 5) is 0. The van der Waals surface area contributed by atoms with E-state index in [1.165, 1.54) is 99.3 Å². The number of rotatable bonds is 12. The number of hydrogen-bond donors (Lipinski definition) is 0. The van der Waals surface area contributed by atoms with Crippen molar-refractivity contribution in [1.82, 2.24) is 0 Å². The smallest absolute Gasteiger partial charge is 1.00 e. The molecular weight excluding hydrogens is 703 g/mol. The fraction of sp³-hybridized carbons (Fsp3) is 0.600. The zero-order chi connectivity index (χ0) is 33.3. The summed E-state index contributed by atoms with van der Waals surface area (Å²) >= 11 is 4.54. The summed E-state index contributed by atoms with van der Waals surface area (Å²) in [6.45, 7) is 18.0. The van der Waals surface area contributed by atoms with Gasteiger partial charge in [-0.25, -0.2) is 46.6 Å². The summed E-state index contributed by atoms with van der Waals surface area (Å²) in [6, 6.07) is 0. The number of halogens is 2. The molecular formula is C40H64Cl2Si2Ti2-2. The first-order chi connectivity index (χ1) is 21.2. The predicted octanol–water partition coefficient (Wildman–Crippen LogP) is 7.04. The Bertz CT molecular complexity index is 843. The molecule has 0 aromatic carbocycles. The fourth-order valence-electron chi connectivity index (χ4n) is 3.96. The molecule has 4 rings (SSSR count). The third kappa shape index (κ3) is 42.4. The summed E-state index contributed by atoms with van der Waals surface area (Å²) in [5.74, 6) is 0. The van der Waals surface area contributed by atoms with Crippen LogP contribution < -0.4 is 24.8 Å². The molecule has 46 heavy (non-hydrogen) atoms. The van der Waals surface area contributed by atoms with Gasteiger partial charge in [0.1, 0.15) is 0 Å². The van der Waals surface area contributed by atoms with Gasteiger partial charge in [0.05, 0.1) is 0 Å². The van der Waals surface area contributed by atoms with Crippen molar-refractivity contribution in [1.29, 1.82) is 0 Å². The molecule has 4 aliphatic rings. The van der Waals surface area contributed by atoms with Gasteiger partial charge in [0.25, 0.3) is 0 Å². The molecule has 0 aromatic rings. The molecule has 0 spiro atoms. The predicted molar refractivity (Wildman–Crippen MR) is 195 cm³/mol. The summed E-state index contributed by atoms with van der Waals surface area (Å²) in [7, 11) is 0. The van der Waals surface area contributed by atoms with Gasteiger partial charge < -0.3 is 24.8 Å². The number of allylic oxidation sites excluding steroid dienone is 16. The maximum Gasteiger partial charge on any atom is -1.00 e. The molecule has 0 fully saturated rings. The van der Waals surface area contributed by atoms with Crippen LogP contribution in [0.4, 0.5) is 0 Å². The van der Waals surface area contributed by atoms with Crippen LogP contribution >= 0.6 is 0 Å². The zero-order valence-corrected chi connectivity index (χ0v) is 37.3. The molecule has 0 heterocycles. The second-order valence-corrected chi connectivity index (χ2v) is 25.0. The average Bonchev–Trinajstić information content (AvgIpc) is 3.83. The molecule has 0 N–H and O–H groups in total. The third-order valence-electron chi connectivity index (χ3n) is 6.26. The Labute approximate surface area is 324 Å². The Balaban J connectivity index is -0.000000234. The second kappa shape index (κ2) is 41.5. The molecule has 0 aliphatic heterocycles. The van der Waals surface area contributed by atoms with E-state index in [4.69, 9.17) is 0 Å². The van der Waals surface area contributed by atoms with E-state index in [-0.39, 0.29) is 37.2 Å². The van der Waals surface area contributed by atoms with Crippen LogP contribution in [0.1, 0.15) is 130 Å². The first-order valence-electron chi connectivity index (χ1n) is 17.3. The number of hydrogen-bond acceptors (Lipinski definition) is 0. The van der Waals surface area contributed by atoms with Gasteiger partial charge in [0, 0.05) is 0 Å². The zero-order valence-electron chi connectivity index (χ0n) is 30.7. The molecule has 0 saturated carbocycles. The van der Waals surface area contributed by atoms with Gasteiger partial charge in [-0.15, -0.1) is 25.7 Å². The van der Waals surface area contributed by atoms with Crippen LogP contribution in [0, 0.1) is 24.3 Å². The first-order valence-corrected chi connectivity index (χ1v) is 27.0. The maximum absolute atomic E-state index is 3.30. The third-order valence-corrected chi connectivity index (χ3v) is 6.26. The molecule has 0 atom stereocenters. The van der Waals surface area contributed by atoms with Gasteiger partial charge >= 0.3 is 76.9 Å². The molecule has 256 valence electrons. The van der Waals surface area contributed by atoms with Gasteiger partial charge in [0.15, 0.2) is 0 Å². The molecule has 0 aromatic heterocycles. The van der Waals surface area contributed by atoms with Crippen molar-refractivity contribution in [3.05, 3.63) is 95.2 Å². The summed E-state index contributed by atoms with van der Waals surface area (Å²) in [5, 5.41) is 0. The van der Waals surface area contributed by atoms with Crippen LogP contribution in [0.2, 0.25) is 26.2 Å². The Hall–Kier alpha value is 0.362. The maximum atomic E-state index is 3.30. The van der Waals surface area contributed by atoms with Crippen LogP contribution in [0.5, 0.6) is 0 Å². The van der Waals surface area contributed by atoms with E-state index < -0.39 is 0 Å². The van der Waals surface area contributed by atoms with Crippen LogP contribution in [0.15, 0.2) is 70.9 Å². The molecule has 0 unspecified atom stereocenters. The Morgan fingerprint density at radius 3 is 0.739 bits per heavy atom. The van der Waals surface area contributed by atoms with Crippen molar-refractivity contribution in [3.8, 4) is 0 Å². The van der Waals surface area contributed by atoms with Crippen LogP contribution in [-0.2, 0) is 38.3 Å². The fourth-order valence-corrected chi connectivity index (χ4v) is 3.96. The molecule has 0 saturated heterocycles. The van der Waals surface area contributed by atoms with E-state index in [0.29, 0.717) is 0 Å². The molecule has 0 nitrogen and oxygen atoms in total. The minimum absolute atomic E-state index is 0. The minimum Gasteiger partial charge on any atom is -1.00 e. The SMILES string of the molecule is CCCCC1=[C-]CC=C1.CCCCC1=[C-]CC=C1.CCCCC1=[C-]CC=C1.CCCCC1=[C-]CC=C1.C[Si](C)=[Ti+2].C[Si](C)=[Ti+2].[Cl-].[Cl-]. The summed E-state index contributed by atoms with van der Waals surface area (Å²) in [5.41, 5.74) is 5.66. The molecule has 0 amide bonds. The minimum atomic E-state index is 0. The Kier molecular flexibility index (Phi) is 48.0. The summed E-state index contributed by atoms with van der Waals surface area (Å²) in [6.07, 6.45) is 50.4. The molecule has 0 radical (unpaired) electrons. The Morgan fingerprint density at radius 2 is 0.630 bits per heavy atom. The topological polar surface area (TPSA) is 0 Å². The second-order valence-electron chi connectivity index (χ2n) is 11.6. The number of unbranched alkanes of at least 4 members (excludes halogenated alkanes) is 4. The van der Waals surface area contributed by atoms with E-state index in [1.807, 2.05) is 0 Å². The summed E-state index contributed by atoms with van der Waals surface area (Å²) < 4.78 is 0. The Morgan fingerprint density at radius 1 is 0.457 bits per heavy atom. The van der Waals surface area contributed by atoms with E-state index in [2.05, 4.69) is 165 Å². The average molecular weight is 768 g/mol. The van der Waals surface area contributed by atoms with Crippen molar-refractivity contribution < 1.29 is 63.2 Å². The van der Waals surface area contributed by atoms with E-state index >= 15 is 0 Å². The van der Waals surface area contributed by atoms with Crippen LogP contribution in [0.25, 0.3) is 0 Å². The van der Waals surface area contributed by atoms with Gasteiger partial charge in [-0.2, -0.15) is 24.3 Å². The van der Waals surface area contributed by atoms with E-state index in [0.717, 1.165) is 25.7 Å². The van der Waals surface area contributed by atoms with E-state index in [1.54, 1.807) is 0 Å². The quantitative estimate of drug-likeness (QED) is 0.148. The van der Waals surface area contributed by atoms with Gasteiger partial charge in [-0.05, 0) is 0 Å². The largest absolute Gasteiger partial charge is 1.00 e. The molecule has 6 heteroatoms. The van der Waals surface area contributed by atoms with E-state index in [9.17, 15) is 0 Å². The van der Waals surface area contributed by atoms with Gasteiger partial charge in [0.2, 0.25) is 0 Å². The van der Waals surface area contributed by atoms with Crippen LogP contribution in [-0.4, -0.2) is 12.4 Å². The van der Waals surface area contributed by atoms with Gasteiger partial charge in [-0.3, -0.25) is 24.3 Å². The normalized spacial score (nSPS) is 14.0. The van der Waals surface area contributed by atoms with Crippen molar-refractivity contribution in [2.24, 2.45) is 0 Å². The van der Waals surface area contributed by atoms with Crippen LogP contribution in [0.3, 0.4) is 0 Å². The molecule has 0 bridgehead atoms. The molecule has 4 aliphatic carbocycles. The first kappa shape index (κ1) is 53.2. The van der Waals surface area contributed by atoms with Crippen molar-refractivity contribution in [2.45, 2.75) is 157 Å². The monoisotopic (exact) mass is 766 g/mol. The van der Waals surface area contributed by atoms with Crippen molar-refractivity contribution in [2.75, 3.05) is 0 Å². The van der Waals surface area contributed by atoms with Crippen molar-refractivity contribution >= 4 is 12.4 Å². The van der Waals surface area contributed by atoms with Crippen molar-refractivity contribution in [3.63, 3.8) is 0 Å².